The number of fused-ring (bicyclic) bond motifs is 14. The number of ether oxygens (including phenoxy) is 4. The van der Waals surface area contributed by atoms with Crippen LogP contribution >= 0.6 is 0 Å². The molecule has 6 N–H and O–H groups in total. The van der Waals surface area contributed by atoms with Crippen molar-refractivity contribution in [2.45, 2.75) is 100 Å². The molecule has 0 amide bonds. The molecule has 4 heterocycles. The first kappa shape index (κ1) is 33.3. The SMILES string of the molecule is CC1CC/C=C\[C@@H]2O[C@H](C[C@@H](O)C/C=C\C=C/[C@H](CO[C@@H]3O[C@H](CO)[C@@H](O)[C@H](O)[C@H]3O)C/C=C\C=C/C(=O)O1)[C@H]2O. The van der Waals surface area contributed by atoms with Gasteiger partial charge in [-0.1, -0.05) is 54.7 Å². The van der Waals surface area contributed by atoms with Crippen LogP contribution in [0.15, 0.2) is 60.8 Å². The maximum Gasteiger partial charge on any atom is 0.331 e. The maximum atomic E-state index is 12.1. The summed E-state index contributed by atoms with van der Waals surface area (Å²) in [5, 5.41) is 60.3. The summed E-state index contributed by atoms with van der Waals surface area (Å²) in [5.74, 6) is -0.672. The van der Waals surface area contributed by atoms with E-state index < -0.39 is 67.7 Å². The highest BCUT2D eigenvalue weighted by Gasteiger charge is 2.44. The van der Waals surface area contributed by atoms with Gasteiger partial charge in [0, 0.05) is 18.4 Å². The van der Waals surface area contributed by atoms with Crippen molar-refractivity contribution in [1.29, 1.82) is 0 Å². The van der Waals surface area contributed by atoms with Crippen LogP contribution < -0.4 is 0 Å². The molecule has 2 bridgehead atoms. The summed E-state index contributed by atoms with van der Waals surface area (Å²) in [7, 11) is 0. The predicted molar refractivity (Wildman–Crippen MR) is 148 cm³/mol. The van der Waals surface area contributed by atoms with E-state index in [1.54, 1.807) is 36.5 Å². The molecule has 0 aromatic heterocycles. The van der Waals surface area contributed by atoms with E-state index >= 15 is 0 Å². The van der Waals surface area contributed by atoms with E-state index in [0.29, 0.717) is 32.1 Å². The molecule has 1 unspecified atom stereocenters. The van der Waals surface area contributed by atoms with Crippen LogP contribution in [0.5, 0.6) is 0 Å². The Morgan fingerprint density at radius 3 is 2.39 bits per heavy atom. The summed E-state index contributed by atoms with van der Waals surface area (Å²) >= 11 is 0. The van der Waals surface area contributed by atoms with E-state index in [0.717, 1.165) is 0 Å². The number of hydrogen-bond acceptors (Lipinski definition) is 11. The Bertz CT molecular complexity index is 943. The lowest BCUT2D eigenvalue weighted by molar-refractivity contribution is -0.302. The van der Waals surface area contributed by atoms with Crippen LogP contribution in [0.1, 0.15) is 39.0 Å². The zero-order valence-electron chi connectivity index (χ0n) is 23.3. The number of hydrogen-bond donors (Lipinski definition) is 6. The molecule has 230 valence electrons. The topological polar surface area (TPSA) is 175 Å². The Hall–Kier alpha value is -2.19. The highest BCUT2D eigenvalue weighted by Crippen LogP contribution is 2.27. The summed E-state index contributed by atoms with van der Waals surface area (Å²) < 4.78 is 22.2. The van der Waals surface area contributed by atoms with Gasteiger partial charge in [-0.15, -0.1) is 0 Å². The Morgan fingerprint density at radius 1 is 0.878 bits per heavy atom. The van der Waals surface area contributed by atoms with Crippen molar-refractivity contribution in [2.75, 3.05) is 13.2 Å². The number of carbonyl (C=O) groups excluding carboxylic acids is 1. The van der Waals surface area contributed by atoms with Crippen LogP contribution in [0.3, 0.4) is 0 Å². The van der Waals surface area contributed by atoms with E-state index in [4.69, 9.17) is 18.9 Å². The minimum Gasteiger partial charge on any atom is -0.460 e. The van der Waals surface area contributed by atoms with Crippen LogP contribution in [0.25, 0.3) is 0 Å². The number of esters is 1. The second kappa shape index (κ2) is 17.1. The summed E-state index contributed by atoms with van der Waals surface area (Å²) in [6.45, 7) is 1.34. The first-order valence-electron chi connectivity index (χ1n) is 14.2. The van der Waals surface area contributed by atoms with Crippen molar-refractivity contribution in [3.8, 4) is 0 Å². The number of allylic oxidation sites excluding steroid dienone is 6. The molecule has 11 nitrogen and oxygen atoms in total. The third-order valence-corrected chi connectivity index (χ3v) is 7.22. The molecule has 0 radical (unpaired) electrons. The van der Waals surface area contributed by atoms with Crippen molar-refractivity contribution in [3.05, 3.63) is 60.8 Å². The highest BCUT2D eigenvalue weighted by atomic mass is 16.7. The fraction of sp³-hybridized carbons (Fsp3) is 0.633. The molecule has 0 spiro atoms. The number of carbonyl (C=O) groups is 1. The van der Waals surface area contributed by atoms with Crippen LogP contribution in [-0.4, -0.2) is 111 Å². The van der Waals surface area contributed by atoms with Gasteiger partial charge < -0.3 is 49.6 Å². The van der Waals surface area contributed by atoms with Gasteiger partial charge >= 0.3 is 5.97 Å². The van der Waals surface area contributed by atoms with Crippen molar-refractivity contribution in [2.24, 2.45) is 5.92 Å². The van der Waals surface area contributed by atoms with Crippen LogP contribution in [-0.2, 0) is 23.7 Å². The second-order valence-corrected chi connectivity index (χ2v) is 10.6. The van der Waals surface area contributed by atoms with Gasteiger partial charge in [0.15, 0.2) is 6.29 Å². The molecular formula is C30H44O11. The molecule has 4 aliphatic heterocycles. The third-order valence-electron chi connectivity index (χ3n) is 7.22. The minimum atomic E-state index is -1.53. The molecule has 4 aliphatic rings. The zero-order chi connectivity index (χ0) is 29.8. The quantitative estimate of drug-likeness (QED) is 0.203. The summed E-state index contributed by atoms with van der Waals surface area (Å²) in [6, 6.07) is 0. The number of aliphatic hydroxyl groups is 6. The van der Waals surface area contributed by atoms with Gasteiger partial charge in [0.05, 0.1) is 31.5 Å². The largest absolute Gasteiger partial charge is 0.460 e. The van der Waals surface area contributed by atoms with E-state index in [2.05, 4.69) is 0 Å². The monoisotopic (exact) mass is 580 g/mol. The van der Waals surface area contributed by atoms with Crippen molar-refractivity contribution >= 4 is 5.97 Å². The zero-order valence-corrected chi connectivity index (χ0v) is 23.3. The Morgan fingerprint density at radius 2 is 1.63 bits per heavy atom. The Balaban J connectivity index is 1.64. The number of aliphatic hydroxyl groups excluding tert-OH is 6. The van der Waals surface area contributed by atoms with E-state index in [1.165, 1.54) is 6.08 Å². The average molecular weight is 581 g/mol. The fourth-order valence-corrected chi connectivity index (χ4v) is 4.69. The van der Waals surface area contributed by atoms with Gasteiger partial charge in [-0.2, -0.15) is 0 Å². The highest BCUT2D eigenvalue weighted by molar-refractivity contribution is 5.82. The average Bonchev–Trinajstić information content (AvgIpc) is 2.94. The van der Waals surface area contributed by atoms with E-state index in [9.17, 15) is 35.4 Å². The first-order chi connectivity index (χ1) is 19.7. The van der Waals surface area contributed by atoms with Gasteiger partial charge in [0.25, 0.3) is 0 Å². The van der Waals surface area contributed by atoms with Gasteiger partial charge in [-0.05, 0) is 32.6 Å². The van der Waals surface area contributed by atoms with Crippen molar-refractivity contribution in [1.82, 2.24) is 0 Å². The molecule has 11 atom stereocenters. The second-order valence-electron chi connectivity index (χ2n) is 10.6. The molecule has 41 heavy (non-hydrogen) atoms. The van der Waals surface area contributed by atoms with Gasteiger partial charge in [-0.25, -0.2) is 4.79 Å². The molecule has 2 fully saturated rings. The van der Waals surface area contributed by atoms with Crippen LogP contribution in [0.4, 0.5) is 0 Å². The van der Waals surface area contributed by atoms with E-state index in [-0.39, 0.29) is 18.6 Å². The Labute approximate surface area is 240 Å². The molecular weight excluding hydrogens is 536 g/mol. The summed E-state index contributed by atoms with van der Waals surface area (Å²) in [4.78, 5) is 12.1. The van der Waals surface area contributed by atoms with Crippen LogP contribution in [0, 0.1) is 5.92 Å². The molecule has 0 saturated carbocycles. The van der Waals surface area contributed by atoms with Crippen LogP contribution in [0.2, 0.25) is 0 Å². The molecule has 2 saturated heterocycles. The molecule has 0 aromatic rings. The molecule has 4 rings (SSSR count). The Kier molecular flexibility index (Phi) is 13.9. The van der Waals surface area contributed by atoms with Crippen molar-refractivity contribution in [3.63, 3.8) is 0 Å². The van der Waals surface area contributed by atoms with Gasteiger partial charge in [0.2, 0.25) is 0 Å². The molecule has 11 heteroatoms. The number of rotatable bonds is 4. The fourth-order valence-electron chi connectivity index (χ4n) is 4.69. The minimum absolute atomic E-state index is 0.0787. The lowest BCUT2D eigenvalue weighted by atomic mass is 9.94. The lowest BCUT2D eigenvalue weighted by Gasteiger charge is -2.41. The molecule has 0 aliphatic carbocycles. The maximum absolute atomic E-state index is 12.1. The predicted octanol–water partition coefficient (Wildman–Crippen LogP) is 0.585. The first-order valence-corrected chi connectivity index (χ1v) is 14.2. The van der Waals surface area contributed by atoms with Crippen molar-refractivity contribution < 1.29 is 54.4 Å². The standard InChI is InChI=1S/C30H44O11/c1-19-10-8-9-14-22-26(34)23(40-22)16-21(32)13-6-2-4-11-20(12-5-3-7-15-25(33)39-19)18-38-30-29(37)28(36)27(35)24(17-31)41-30/h2-7,9,11,14-15,19-24,26-32,34-37H,8,10,12-13,16-18H2,1H3/b5-3-,6-2-,11-4-,14-9-,15-7-/t19?,20-,21-,22-,23+,24+,26-,27+,28-,29+,30+/m0/s1. The summed E-state index contributed by atoms with van der Waals surface area (Å²) in [5.41, 5.74) is 0. The van der Waals surface area contributed by atoms with Gasteiger partial charge in [-0.3, -0.25) is 0 Å². The third kappa shape index (κ3) is 10.5. The van der Waals surface area contributed by atoms with E-state index in [1.807, 2.05) is 25.2 Å². The summed E-state index contributed by atoms with van der Waals surface area (Å²) in [6.07, 6.45) is 10.5. The lowest BCUT2D eigenvalue weighted by Crippen LogP contribution is -2.59. The van der Waals surface area contributed by atoms with Gasteiger partial charge in [0.1, 0.15) is 36.6 Å². The molecule has 0 aromatic carbocycles. The normalized spacial score (nSPS) is 43.6. The smallest absolute Gasteiger partial charge is 0.331 e.